The summed E-state index contributed by atoms with van der Waals surface area (Å²) in [5.41, 5.74) is 0.334. The van der Waals surface area contributed by atoms with Crippen LogP contribution in [0, 0.1) is 0 Å². The molecule has 0 aliphatic rings. The van der Waals surface area contributed by atoms with E-state index in [1.54, 1.807) is 6.20 Å². The number of rotatable bonds is 4. The van der Waals surface area contributed by atoms with E-state index in [2.05, 4.69) is 48.4 Å². The third-order valence-electron chi connectivity index (χ3n) is 1.41. The number of nitrogens with zero attached hydrogens (tertiary/aromatic N) is 2. The molecule has 0 radical (unpaired) electrons. The smallest absolute Gasteiger partial charge is 0.291 e. The summed E-state index contributed by atoms with van der Waals surface area (Å²) in [6, 6.07) is 0. The first-order chi connectivity index (χ1) is 6.70. The zero-order chi connectivity index (χ0) is 10.6. The predicted molar refractivity (Wildman–Crippen MR) is 73.5 cm³/mol. The highest BCUT2D eigenvalue weighted by Crippen LogP contribution is 2.22. The lowest BCUT2D eigenvalue weighted by atomic mass is 10.4. The summed E-state index contributed by atoms with van der Waals surface area (Å²) in [7, 11) is 0. The van der Waals surface area contributed by atoms with Crippen LogP contribution in [0.1, 0.15) is 0 Å². The van der Waals surface area contributed by atoms with Gasteiger partial charge in [-0.3, -0.25) is 4.79 Å². The van der Waals surface area contributed by atoms with Crippen LogP contribution < -0.4 is 10.9 Å². The van der Waals surface area contributed by atoms with E-state index in [9.17, 15) is 4.79 Å². The second-order valence-electron chi connectivity index (χ2n) is 2.29. The third-order valence-corrected chi connectivity index (χ3v) is 4.02. The van der Waals surface area contributed by atoms with Crippen molar-refractivity contribution in [1.29, 1.82) is 0 Å². The summed E-state index contributed by atoms with van der Waals surface area (Å²) >= 11 is 11.2. The zero-order valence-corrected chi connectivity index (χ0v) is 12.4. The summed E-state index contributed by atoms with van der Waals surface area (Å²) in [5.74, 6) is 0. The van der Waals surface area contributed by atoms with E-state index >= 15 is 0 Å². The molecule has 1 heterocycles. The predicted octanol–water partition coefficient (Wildman–Crippen LogP) is 2.50. The van der Waals surface area contributed by atoms with E-state index in [1.807, 2.05) is 0 Å². The molecule has 0 aromatic carbocycles. The highest BCUT2D eigenvalue weighted by Gasteiger charge is 2.07. The molecule has 0 saturated heterocycles. The van der Waals surface area contributed by atoms with Gasteiger partial charge in [-0.25, -0.2) is 4.45 Å². The van der Waals surface area contributed by atoms with Crippen LogP contribution in [-0.4, -0.2) is 21.4 Å². The van der Waals surface area contributed by atoms with Gasteiger partial charge in [-0.2, -0.15) is 5.10 Å². The first kappa shape index (κ1) is 12.7. The molecule has 1 unspecified atom stereocenters. The summed E-state index contributed by atoms with van der Waals surface area (Å²) in [6.07, 6.45) is 1.83. The standard InChI is InChI=1S/C6H7BrClIN3OP/c7-1-2-10-4-3-11-12(14-9)6(13)5(4)8/h3,10,14H,1-2H2. The molecule has 1 N–H and O–H groups in total. The molecule has 0 saturated carbocycles. The maximum absolute atomic E-state index is 11.5. The Morgan fingerprint density at radius 3 is 3.07 bits per heavy atom. The SMILES string of the molecule is O=c1c(Cl)c(NCCBr)cnn1PI. The van der Waals surface area contributed by atoms with Gasteiger partial charge < -0.3 is 5.32 Å². The second-order valence-corrected chi connectivity index (χ2v) is 5.50. The van der Waals surface area contributed by atoms with Crippen LogP contribution in [0.5, 0.6) is 0 Å². The Bertz CT molecular complexity index is 375. The molecule has 0 aliphatic carbocycles. The summed E-state index contributed by atoms with van der Waals surface area (Å²) in [4.78, 5) is 11.5. The second kappa shape index (κ2) is 6.25. The van der Waals surface area contributed by atoms with Gasteiger partial charge in [-0.15, -0.1) is 0 Å². The normalized spacial score (nSPS) is 11.1. The molecule has 1 atom stereocenters. The lowest BCUT2D eigenvalue weighted by molar-refractivity contribution is 0.917. The van der Waals surface area contributed by atoms with Crippen molar-refractivity contribution in [3.63, 3.8) is 0 Å². The summed E-state index contributed by atoms with van der Waals surface area (Å²) < 4.78 is 1.34. The first-order valence-corrected chi connectivity index (χ1v) is 9.21. The van der Waals surface area contributed by atoms with Crippen molar-refractivity contribution in [3.8, 4) is 0 Å². The Morgan fingerprint density at radius 2 is 2.50 bits per heavy atom. The first-order valence-electron chi connectivity index (χ1n) is 3.65. The quantitative estimate of drug-likeness (QED) is 0.472. The third kappa shape index (κ3) is 3.05. The van der Waals surface area contributed by atoms with E-state index in [0.717, 1.165) is 5.33 Å². The van der Waals surface area contributed by atoms with E-state index in [-0.39, 0.29) is 17.0 Å². The molecule has 0 spiro atoms. The van der Waals surface area contributed by atoms with Crippen molar-refractivity contribution < 1.29 is 0 Å². The van der Waals surface area contributed by atoms with Gasteiger partial charge in [0.15, 0.2) is 0 Å². The zero-order valence-electron chi connectivity index (χ0n) is 6.93. The minimum atomic E-state index is -0.251. The fourth-order valence-corrected chi connectivity index (χ4v) is 2.58. The maximum atomic E-state index is 11.5. The molecule has 0 fully saturated rings. The largest absolute Gasteiger partial charge is 0.382 e. The van der Waals surface area contributed by atoms with Crippen LogP contribution in [0.25, 0.3) is 0 Å². The molecule has 78 valence electrons. The minimum absolute atomic E-state index is 0.199. The Balaban J connectivity index is 2.99. The van der Waals surface area contributed by atoms with Gasteiger partial charge in [0.25, 0.3) is 5.56 Å². The summed E-state index contributed by atoms with van der Waals surface area (Å²) in [6.45, 7) is 0.706. The average Bonchev–Trinajstić information content (AvgIpc) is 2.20. The van der Waals surface area contributed by atoms with Gasteiger partial charge in [-0.05, 0) is 22.0 Å². The van der Waals surface area contributed by atoms with Gasteiger partial charge >= 0.3 is 0 Å². The molecule has 1 aromatic heterocycles. The molecule has 1 aromatic rings. The van der Waals surface area contributed by atoms with Crippen LogP contribution in [0.3, 0.4) is 0 Å². The van der Waals surface area contributed by atoms with E-state index < -0.39 is 0 Å². The molecular formula is C6H7BrClIN3OP. The maximum Gasteiger partial charge on any atom is 0.291 e. The lowest BCUT2D eigenvalue weighted by Crippen LogP contribution is -2.18. The van der Waals surface area contributed by atoms with Crippen LogP contribution in [0.2, 0.25) is 5.02 Å². The molecule has 8 heteroatoms. The molecule has 14 heavy (non-hydrogen) atoms. The van der Waals surface area contributed by atoms with E-state index in [1.165, 1.54) is 4.45 Å². The number of halogens is 3. The van der Waals surface area contributed by atoms with Crippen LogP contribution in [0.4, 0.5) is 5.69 Å². The fourth-order valence-electron chi connectivity index (χ4n) is 0.798. The van der Waals surface area contributed by atoms with Crippen molar-refractivity contribution in [2.75, 3.05) is 17.2 Å². The van der Waals surface area contributed by atoms with Crippen molar-refractivity contribution >= 4 is 61.6 Å². The Kier molecular flexibility index (Phi) is 5.66. The van der Waals surface area contributed by atoms with Crippen LogP contribution in [0.15, 0.2) is 11.0 Å². The van der Waals surface area contributed by atoms with E-state index in [0.29, 0.717) is 12.2 Å². The van der Waals surface area contributed by atoms with Gasteiger partial charge in [0, 0.05) is 11.9 Å². The molecule has 1 rings (SSSR count). The van der Waals surface area contributed by atoms with Crippen LogP contribution >= 0.6 is 55.9 Å². The van der Waals surface area contributed by atoms with E-state index in [4.69, 9.17) is 11.6 Å². The Labute approximate surface area is 109 Å². The molecule has 0 aliphatic heterocycles. The lowest BCUT2D eigenvalue weighted by Gasteiger charge is -2.06. The van der Waals surface area contributed by atoms with Gasteiger partial charge in [-0.1, -0.05) is 27.5 Å². The number of hydrogen-bond donors (Lipinski definition) is 1. The molecule has 0 bridgehead atoms. The molecule has 4 nitrogen and oxygen atoms in total. The Morgan fingerprint density at radius 1 is 1.79 bits per heavy atom. The number of hydrogen-bond acceptors (Lipinski definition) is 3. The van der Waals surface area contributed by atoms with Crippen molar-refractivity contribution in [2.24, 2.45) is 0 Å². The Hall–Kier alpha value is 0.610. The number of nitrogens with one attached hydrogen (secondary N) is 1. The minimum Gasteiger partial charge on any atom is -0.382 e. The van der Waals surface area contributed by atoms with Gasteiger partial charge in [0.05, 0.1) is 18.3 Å². The topological polar surface area (TPSA) is 46.9 Å². The van der Waals surface area contributed by atoms with Crippen molar-refractivity contribution in [2.45, 2.75) is 0 Å². The highest BCUT2D eigenvalue weighted by atomic mass is 127. The monoisotopic (exact) mass is 409 g/mol. The molecular weight excluding hydrogens is 403 g/mol. The highest BCUT2D eigenvalue weighted by molar-refractivity contribution is 14.2. The van der Waals surface area contributed by atoms with Gasteiger partial charge in [0.1, 0.15) is 5.02 Å². The van der Waals surface area contributed by atoms with Crippen molar-refractivity contribution in [1.82, 2.24) is 9.55 Å². The van der Waals surface area contributed by atoms with Crippen LogP contribution in [-0.2, 0) is 0 Å². The average molecular weight is 410 g/mol. The molecule has 0 amide bonds. The van der Waals surface area contributed by atoms with Gasteiger partial charge in [0.2, 0.25) is 0 Å². The summed E-state index contributed by atoms with van der Waals surface area (Å²) in [5, 5.41) is 7.95. The number of alkyl halides is 1. The number of anilines is 1. The number of aromatic nitrogens is 2. The fraction of sp³-hybridized carbons (Fsp3) is 0.333. The van der Waals surface area contributed by atoms with Crippen molar-refractivity contribution in [3.05, 3.63) is 21.6 Å².